The molecule has 1 aromatic rings. The second-order valence-corrected chi connectivity index (χ2v) is 3.57. The minimum atomic E-state index is -0.446. The van der Waals surface area contributed by atoms with E-state index in [9.17, 15) is 4.79 Å². The highest BCUT2D eigenvalue weighted by Crippen LogP contribution is 1.98. The predicted octanol–water partition coefficient (Wildman–Crippen LogP) is 0.00920. The van der Waals surface area contributed by atoms with Crippen molar-refractivity contribution < 1.29 is 4.79 Å². The number of carbonyl (C=O) groups excluding carboxylic acids is 1. The van der Waals surface area contributed by atoms with E-state index < -0.39 is 6.04 Å². The Labute approximate surface area is 83.1 Å². The summed E-state index contributed by atoms with van der Waals surface area (Å²) in [6.07, 6.45) is 1.64. The van der Waals surface area contributed by atoms with Gasteiger partial charge in [-0.3, -0.25) is 9.89 Å². The van der Waals surface area contributed by atoms with E-state index in [1.165, 1.54) is 0 Å². The third-order valence-electron chi connectivity index (χ3n) is 2.03. The van der Waals surface area contributed by atoms with E-state index in [0.29, 0.717) is 6.54 Å². The van der Waals surface area contributed by atoms with Crippen molar-refractivity contribution in [2.45, 2.75) is 26.4 Å². The Morgan fingerprint density at radius 3 is 2.93 bits per heavy atom. The molecule has 5 heteroatoms. The normalized spacial score (nSPS) is 12.9. The van der Waals surface area contributed by atoms with Crippen LogP contribution in [0.15, 0.2) is 12.3 Å². The summed E-state index contributed by atoms with van der Waals surface area (Å²) in [6.45, 7) is 4.28. The van der Waals surface area contributed by atoms with E-state index in [0.717, 1.165) is 5.69 Å². The van der Waals surface area contributed by atoms with Gasteiger partial charge in [0.2, 0.25) is 5.91 Å². The Morgan fingerprint density at radius 1 is 1.71 bits per heavy atom. The number of nitrogens with zero attached hydrogens (tertiary/aromatic N) is 1. The zero-order valence-corrected chi connectivity index (χ0v) is 8.45. The lowest BCUT2D eigenvalue weighted by Gasteiger charge is -2.14. The fourth-order valence-corrected chi connectivity index (χ4v) is 0.986. The molecule has 0 saturated carbocycles. The number of aromatic amines is 1. The maximum absolute atomic E-state index is 11.4. The van der Waals surface area contributed by atoms with Crippen LogP contribution in [-0.2, 0) is 11.3 Å². The van der Waals surface area contributed by atoms with E-state index >= 15 is 0 Å². The second kappa shape index (κ2) is 4.76. The molecule has 0 unspecified atom stereocenters. The standard InChI is InChI=1S/C9H16N4O/c1-6(2)8(10)9(14)11-5-7-3-4-12-13-7/h3-4,6,8H,5,10H2,1-2H3,(H,11,14)(H,12,13)/t8-/m1/s1. The van der Waals surface area contributed by atoms with Gasteiger partial charge in [0.15, 0.2) is 0 Å². The fraction of sp³-hybridized carbons (Fsp3) is 0.556. The number of rotatable bonds is 4. The summed E-state index contributed by atoms with van der Waals surface area (Å²) in [5.74, 6) is 0.0198. The second-order valence-electron chi connectivity index (χ2n) is 3.57. The summed E-state index contributed by atoms with van der Waals surface area (Å²) in [5, 5.41) is 9.26. The molecular weight excluding hydrogens is 180 g/mol. The molecule has 1 heterocycles. The van der Waals surface area contributed by atoms with Crippen LogP contribution in [0.2, 0.25) is 0 Å². The summed E-state index contributed by atoms with van der Waals surface area (Å²) in [4.78, 5) is 11.4. The molecule has 0 spiro atoms. The van der Waals surface area contributed by atoms with E-state index in [4.69, 9.17) is 5.73 Å². The summed E-state index contributed by atoms with van der Waals surface area (Å²) >= 11 is 0. The Kier molecular flexibility index (Phi) is 3.64. The molecular formula is C9H16N4O. The van der Waals surface area contributed by atoms with Crippen molar-refractivity contribution in [1.29, 1.82) is 0 Å². The van der Waals surface area contributed by atoms with E-state index in [1.807, 2.05) is 13.8 Å². The van der Waals surface area contributed by atoms with Crippen molar-refractivity contribution in [1.82, 2.24) is 15.5 Å². The highest BCUT2D eigenvalue weighted by atomic mass is 16.2. The van der Waals surface area contributed by atoms with Crippen molar-refractivity contribution in [2.24, 2.45) is 11.7 Å². The van der Waals surface area contributed by atoms with Gasteiger partial charge in [-0.1, -0.05) is 13.8 Å². The van der Waals surface area contributed by atoms with Crippen LogP contribution in [-0.4, -0.2) is 22.1 Å². The molecule has 0 saturated heterocycles. The minimum Gasteiger partial charge on any atom is -0.349 e. The van der Waals surface area contributed by atoms with Crippen LogP contribution in [0, 0.1) is 5.92 Å². The van der Waals surface area contributed by atoms with Gasteiger partial charge in [0.1, 0.15) is 0 Å². The van der Waals surface area contributed by atoms with Gasteiger partial charge in [0.25, 0.3) is 0 Å². The summed E-state index contributed by atoms with van der Waals surface area (Å²) in [6, 6.07) is 1.36. The molecule has 0 aromatic carbocycles. The lowest BCUT2D eigenvalue weighted by molar-refractivity contribution is -0.123. The van der Waals surface area contributed by atoms with Gasteiger partial charge in [-0.25, -0.2) is 0 Å². The zero-order chi connectivity index (χ0) is 10.6. The maximum atomic E-state index is 11.4. The number of amides is 1. The van der Waals surface area contributed by atoms with Crippen molar-refractivity contribution >= 4 is 5.91 Å². The molecule has 5 nitrogen and oxygen atoms in total. The van der Waals surface area contributed by atoms with E-state index in [-0.39, 0.29) is 11.8 Å². The van der Waals surface area contributed by atoms with Crippen molar-refractivity contribution in [3.05, 3.63) is 18.0 Å². The first-order valence-electron chi connectivity index (χ1n) is 4.63. The van der Waals surface area contributed by atoms with E-state index in [2.05, 4.69) is 15.5 Å². The minimum absolute atomic E-state index is 0.130. The third-order valence-corrected chi connectivity index (χ3v) is 2.03. The highest BCUT2D eigenvalue weighted by molar-refractivity contribution is 5.81. The van der Waals surface area contributed by atoms with Gasteiger partial charge in [-0.2, -0.15) is 5.10 Å². The predicted molar refractivity (Wildman–Crippen MR) is 53.2 cm³/mol. The van der Waals surface area contributed by atoms with Gasteiger partial charge in [-0.15, -0.1) is 0 Å². The quantitative estimate of drug-likeness (QED) is 0.634. The SMILES string of the molecule is CC(C)[C@@H](N)C(=O)NCc1ccn[nH]1. The Balaban J connectivity index is 2.35. The molecule has 4 N–H and O–H groups in total. The number of hydrogen-bond acceptors (Lipinski definition) is 3. The van der Waals surface area contributed by atoms with Gasteiger partial charge in [-0.05, 0) is 12.0 Å². The van der Waals surface area contributed by atoms with Crippen LogP contribution in [0.1, 0.15) is 19.5 Å². The van der Waals surface area contributed by atoms with Crippen LogP contribution in [0.5, 0.6) is 0 Å². The number of H-pyrrole nitrogens is 1. The van der Waals surface area contributed by atoms with Crippen LogP contribution in [0.25, 0.3) is 0 Å². The van der Waals surface area contributed by atoms with Crippen molar-refractivity contribution in [2.75, 3.05) is 0 Å². The molecule has 1 rings (SSSR count). The number of nitrogens with one attached hydrogen (secondary N) is 2. The molecule has 1 atom stereocenters. The zero-order valence-electron chi connectivity index (χ0n) is 8.45. The van der Waals surface area contributed by atoms with Gasteiger partial charge in [0.05, 0.1) is 18.3 Å². The maximum Gasteiger partial charge on any atom is 0.237 e. The number of nitrogens with two attached hydrogens (primary N) is 1. The molecule has 0 radical (unpaired) electrons. The average Bonchev–Trinajstić information content (AvgIpc) is 2.65. The molecule has 0 aliphatic heterocycles. The largest absolute Gasteiger partial charge is 0.349 e. The lowest BCUT2D eigenvalue weighted by Crippen LogP contribution is -2.43. The molecule has 78 valence electrons. The molecule has 1 amide bonds. The van der Waals surface area contributed by atoms with Gasteiger partial charge >= 0.3 is 0 Å². The Bertz CT molecular complexity index is 281. The van der Waals surface area contributed by atoms with Crippen molar-refractivity contribution in [3.63, 3.8) is 0 Å². The summed E-state index contributed by atoms with van der Waals surface area (Å²) in [7, 11) is 0. The smallest absolute Gasteiger partial charge is 0.237 e. The first-order chi connectivity index (χ1) is 6.61. The number of carbonyl (C=O) groups is 1. The average molecular weight is 196 g/mol. The van der Waals surface area contributed by atoms with Crippen molar-refractivity contribution in [3.8, 4) is 0 Å². The molecule has 0 fully saturated rings. The first kappa shape index (κ1) is 10.7. The fourth-order valence-electron chi connectivity index (χ4n) is 0.986. The van der Waals surface area contributed by atoms with Crippen LogP contribution < -0.4 is 11.1 Å². The topological polar surface area (TPSA) is 83.8 Å². The molecule has 1 aromatic heterocycles. The first-order valence-corrected chi connectivity index (χ1v) is 4.63. The number of aromatic nitrogens is 2. The molecule has 0 bridgehead atoms. The van der Waals surface area contributed by atoms with Gasteiger partial charge in [0, 0.05) is 6.20 Å². The molecule has 0 aliphatic carbocycles. The monoisotopic (exact) mass is 196 g/mol. The van der Waals surface area contributed by atoms with Crippen LogP contribution in [0.3, 0.4) is 0 Å². The molecule has 14 heavy (non-hydrogen) atoms. The van der Waals surface area contributed by atoms with E-state index in [1.54, 1.807) is 12.3 Å². The van der Waals surface area contributed by atoms with Gasteiger partial charge < -0.3 is 11.1 Å². The van der Waals surface area contributed by atoms with Crippen LogP contribution in [0.4, 0.5) is 0 Å². The number of hydrogen-bond donors (Lipinski definition) is 3. The Morgan fingerprint density at radius 2 is 2.43 bits per heavy atom. The van der Waals surface area contributed by atoms with Crippen LogP contribution >= 0.6 is 0 Å². The summed E-state index contributed by atoms with van der Waals surface area (Å²) in [5.41, 5.74) is 6.53. The molecule has 0 aliphatic rings. The summed E-state index contributed by atoms with van der Waals surface area (Å²) < 4.78 is 0. The lowest BCUT2D eigenvalue weighted by atomic mass is 10.1. The highest BCUT2D eigenvalue weighted by Gasteiger charge is 2.16. The Hall–Kier alpha value is -1.36. The third kappa shape index (κ3) is 2.85.